The van der Waals surface area contributed by atoms with E-state index in [9.17, 15) is 14.4 Å². The van der Waals surface area contributed by atoms with Crippen LogP contribution in [-0.4, -0.2) is 46.4 Å². The minimum Gasteiger partial charge on any atom is -0.456 e. The van der Waals surface area contributed by atoms with Crippen molar-refractivity contribution in [2.45, 2.75) is 45.1 Å². The summed E-state index contributed by atoms with van der Waals surface area (Å²) < 4.78 is 11.5. The second kappa shape index (κ2) is 10.8. The van der Waals surface area contributed by atoms with Crippen LogP contribution in [0.3, 0.4) is 0 Å². The van der Waals surface area contributed by atoms with Crippen molar-refractivity contribution in [3.8, 4) is 11.5 Å². The highest BCUT2D eigenvalue weighted by Crippen LogP contribution is 2.32. The molecule has 1 saturated heterocycles. The van der Waals surface area contributed by atoms with Crippen LogP contribution in [0, 0.1) is 0 Å². The lowest BCUT2D eigenvalue weighted by atomic mass is 10.0. The number of nitrogens with zero attached hydrogens (tertiary/aromatic N) is 2. The summed E-state index contributed by atoms with van der Waals surface area (Å²) >= 11 is 0. The maximum Gasteiger partial charge on any atom is 0.410 e. The third-order valence-electron chi connectivity index (χ3n) is 6.02. The second-order valence-electron chi connectivity index (χ2n) is 10.1. The van der Waals surface area contributed by atoms with Crippen LogP contribution in [0.4, 0.5) is 4.79 Å². The number of carbonyl (C=O) groups is 3. The van der Waals surface area contributed by atoms with Crippen molar-refractivity contribution >= 4 is 17.8 Å². The molecule has 2 N–H and O–H groups in total. The van der Waals surface area contributed by atoms with Gasteiger partial charge in [-0.05, 0) is 44.9 Å². The number of ether oxygens (including phenoxy) is 2. The van der Waals surface area contributed by atoms with Crippen LogP contribution >= 0.6 is 0 Å². The number of rotatable bonds is 7. The summed E-state index contributed by atoms with van der Waals surface area (Å²) in [5, 5.41) is 0. The van der Waals surface area contributed by atoms with Crippen LogP contribution in [0.1, 0.15) is 65.1 Å². The van der Waals surface area contributed by atoms with E-state index in [1.54, 1.807) is 35.2 Å². The zero-order valence-electron chi connectivity index (χ0n) is 21.3. The van der Waals surface area contributed by atoms with Gasteiger partial charge in [-0.1, -0.05) is 42.5 Å². The number of hydrogen-bond donors (Lipinski definition) is 1. The van der Waals surface area contributed by atoms with Gasteiger partial charge in [0, 0.05) is 48.9 Å². The highest BCUT2D eigenvalue weighted by Gasteiger charge is 2.32. The smallest absolute Gasteiger partial charge is 0.410 e. The highest BCUT2D eigenvalue weighted by molar-refractivity contribution is 5.97. The summed E-state index contributed by atoms with van der Waals surface area (Å²) in [4.78, 5) is 43.0. The topological polar surface area (TPSA) is 112 Å². The molecule has 1 aliphatic heterocycles. The van der Waals surface area contributed by atoms with Crippen LogP contribution in [0.2, 0.25) is 0 Å². The second-order valence-corrected chi connectivity index (χ2v) is 10.1. The molecule has 1 atom stereocenters. The molecular formula is C29H31N3O5. The zero-order valence-corrected chi connectivity index (χ0v) is 21.3. The predicted octanol–water partition coefficient (Wildman–Crippen LogP) is 5.12. The van der Waals surface area contributed by atoms with E-state index < -0.39 is 11.5 Å². The van der Waals surface area contributed by atoms with Gasteiger partial charge in [-0.25, -0.2) is 4.79 Å². The molecular weight excluding hydrogens is 470 g/mol. The van der Waals surface area contributed by atoms with Gasteiger partial charge in [0.05, 0.1) is 0 Å². The Kier molecular flexibility index (Phi) is 7.57. The lowest BCUT2D eigenvalue weighted by Crippen LogP contribution is -2.35. The van der Waals surface area contributed by atoms with Crippen LogP contribution in [0.15, 0.2) is 66.9 Å². The fourth-order valence-electron chi connectivity index (χ4n) is 4.15. The standard InChI is InChI=1S/C29H31N3O5/c1-29(2,3)37-28(35)32-14-13-21(18-32)24-16-26(23(17-31-24)27(30)34)36-22-11-9-19(10-12-22)15-25(33)20-7-5-4-6-8-20/h4-12,16-17,21H,13-15,18H2,1-3H3,(H2,30,34). The minimum absolute atomic E-state index is 0.0248. The van der Waals surface area contributed by atoms with Gasteiger partial charge in [0.2, 0.25) is 0 Å². The number of pyridine rings is 1. The maximum absolute atomic E-state index is 12.5. The fraction of sp³-hybridized carbons (Fsp3) is 0.310. The molecule has 1 aliphatic rings. The Morgan fingerprint density at radius 3 is 2.41 bits per heavy atom. The number of primary amides is 1. The van der Waals surface area contributed by atoms with Gasteiger partial charge < -0.3 is 20.1 Å². The van der Waals surface area contributed by atoms with Crippen LogP contribution < -0.4 is 10.5 Å². The van der Waals surface area contributed by atoms with Gasteiger partial charge in [-0.3, -0.25) is 14.6 Å². The summed E-state index contributed by atoms with van der Waals surface area (Å²) in [5.41, 5.74) is 7.37. The van der Waals surface area contributed by atoms with Crippen LogP contribution in [0.5, 0.6) is 11.5 Å². The van der Waals surface area contributed by atoms with Gasteiger partial charge in [-0.15, -0.1) is 0 Å². The summed E-state index contributed by atoms with van der Waals surface area (Å²) in [6, 6.07) is 18.0. The van der Waals surface area contributed by atoms with E-state index in [-0.39, 0.29) is 29.8 Å². The van der Waals surface area contributed by atoms with Crippen molar-refractivity contribution in [2.24, 2.45) is 5.73 Å². The number of Topliss-reactive ketones (excluding diaryl/α,β-unsaturated/α-hetero) is 1. The fourth-order valence-corrected chi connectivity index (χ4v) is 4.15. The molecule has 0 aliphatic carbocycles. The Morgan fingerprint density at radius 1 is 1.05 bits per heavy atom. The lowest BCUT2D eigenvalue weighted by Gasteiger charge is -2.24. The molecule has 2 heterocycles. The van der Waals surface area contributed by atoms with Gasteiger partial charge in [0.15, 0.2) is 5.78 Å². The Labute approximate surface area is 216 Å². The molecule has 2 amide bonds. The number of benzene rings is 2. The predicted molar refractivity (Wildman–Crippen MR) is 139 cm³/mol. The Balaban J connectivity index is 1.46. The first-order chi connectivity index (χ1) is 17.6. The van der Waals surface area contributed by atoms with Gasteiger partial charge >= 0.3 is 6.09 Å². The van der Waals surface area contributed by atoms with E-state index in [4.69, 9.17) is 15.2 Å². The first-order valence-electron chi connectivity index (χ1n) is 12.2. The zero-order chi connectivity index (χ0) is 26.6. The highest BCUT2D eigenvalue weighted by atomic mass is 16.6. The quantitative estimate of drug-likeness (QED) is 0.450. The average Bonchev–Trinajstić information content (AvgIpc) is 3.35. The summed E-state index contributed by atoms with van der Waals surface area (Å²) in [7, 11) is 0. The number of hydrogen-bond acceptors (Lipinski definition) is 6. The number of ketones is 1. The van der Waals surface area contributed by atoms with Crippen LogP contribution in [0.25, 0.3) is 0 Å². The molecule has 37 heavy (non-hydrogen) atoms. The molecule has 0 radical (unpaired) electrons. The van der Waals surface area contributed by atoms with Gasteiger partial charge in [0.25, 0.3) is 5.91 Å². The van der Waals surface area contributed by atoms with Crippen molar-refractivity contribution in [2.75, 3.05) is 13.1 Å². The summed E-state index contributed by atoms with van der Waals surface area (Å²) in [5.74, 6) is 0.142. The molecule has 0 spiro atoms. The molecule has 8 nitrogen and oxygen atoms in total. The van der Waals surface area contributed by atoms with Crippen LogP contribution in [-0.2, 0) is 11.2 Å². The summed E-state index contributed by atoms with van der Waals surface area (Å²) in [6.45, 7) is 6.51. The first-order valence-corrected chi connectivity index (χ1v) is 12.2. The Bertz CT molecular complexity index is 1280. The first kappa shape index (κ1) is 25.9. The van der Waals surface area contributed by atoms with E-state index in [1.807, 2.05) is 51.1 Å². The van der Waals surface area contributed by atoms with Crippen molar-refractivity contribution < 1.29 is 23.9 Å². The third kappa shape index (κ3) is 6.73. The van der Waals surface area contributed by atoms with E-state index in [0.717, 1.165) is 5.56 Å². The number of amides is 2. The van der Waals surface area contributed by atoms with Crippen molar-refractivity contribution in [1.82, 2.24) is 9.88 Å². The van der Waals surface area contributed by atoms with Crippen molar-refractivity contribution in [3.63, 3.8) is 0 Å². The molecule has 4 rings (SSSR count). The Hall–Kier alpha value is -4.20. The maximum atomic E-state index is 12.5. The molecule has 192 valence electrons. The molecule has 0 saturated carbocycles. The number of likely N-dealkylation sites (tertiary alicyclic amines) is 1. The number of aromatic nitrogens is 1. The van der Waals surface area contributed by atoms with Crippen molar-refractivity contribution in [1.29, 1.82) is 0 Å². The molecule has 1 fully saturated rings. The molecule has 1 aromatic heterocycles. The monoisotopic (exact) mass is 501 g/mol. The van der Waals surface area contributed by atoms with Gasteiger partial charge in [-0.2, -0.15) is 0 Å². The number of carbonyl (C=O) groups excluding carboxylic acids is 3. The normalized spacial score (nSPS) is 15.3. The minimum atomic E-state index is -0.652. The lowest BCUT2D eigenvalue weighted by molar-refractivity contribution is 0.0292. The van der Waals surface area contributed by atoms with E-state index >= 15 is 0 Å². The number of nitrogens with two attached hydrogens (primary N) is 1. The SMILES string of the molecule is CC(C)(C)OC(=O)N1CCC(c2cc(Oc3ccc(CC(=O)c4ccccc4)cc3)c(C(N)=O)cn2)C1. The molecule has 3 aromatic rings. The van der Waals surface area contributed by atoms with Gasteiger partial charge in [0.1, 0.15) is 22.7 Å². The van der Waals surface area contributed by atoms with E-state index in [2.05, 4.69) is 4.98 Å². The average molecular weight is 502 g/mol. The molecule has 2 aromatic carbocycles. The largest absolute Gasteiger partial charge is 0.456 e. The molecule has 1 unspecified atom stereocenters. The van der Waals surface area contributed by atoms with E-state index in [1.165, 1.54) is 6.20 Å². The molecule has 8 heteroatoms. The Morgan fingerprint density at radius 2 is 1.76 bits per heavy atom. The third-order valence-corrected chi connectivity index (χ3v) is 6.02. The molecule has 0 bridgehead atoms. The van der Waals surface area contributed by atoms with Crippen molar-refractivity contribution in [3.05, 3.63) is 89.2 Å². The summed E-state index contributed by atoms with van der Waals surface area (Å²) in [6.07, 6.45) is 2.04. The van der Waals surface area contributed by atoms with E-state index in [0.29, 0.717) is 42.3 Å².